The highest BCUT2D eigenvalue weighted by molar-refractivity contribution is 4.78. The van der Waals surface area contributed by atoms with Crippen LogP contribution in [0.3, 0.4) is 0 Å². The van der Waals surface area contributed by atoms with E-state index in [1.807, 2.05) is 13.8 Å². The second-order valence-electron chi connectivity index (χ2n) is 5.56. The van der Waals surface area contributed by atoms with E-state index < -0.39 is 0 Å². The standard InChI is InChI=1S/C14H30N2O2/c1-4-7-15-13-5-8-16(9-6-13)10-14(17)11-18-12(2)3/h12-15,17H,4-11H2,1-3H3. The zero-order valence-corrected chi connectivity index (χ0v) is 12.2. The third kappa shape index (κ3) is 6.69. The van der Waals surface area contributed by atoms with Gasteiger partial charge in [0.2, 0.25) is 0 Å². The minimum atomic E-state index is -0.354. The number of nitrogens with zero attached hydrogens (tertiary/aromatic N) is 1. The van der Waals surface area contributed by atoms with E-state index in [1.54, 1.807) is 0 Å². The molecule has 4 nitrogen and oxygen atoms in total. The topological polar surface area (TPSA) is 44.7 Å². The number of hydrogen-bond donors (Lipinski definition) is 2. The molecule has 0 radical (unpaired) electrons. The largest absolute Gasteiger partial charge is 0.389 e. The van der Waals surface area contributed by atoms with Crippen molar-refractivity contribution in [1.82, 2.24) is 10.2 Å². The van der Waals surface area contributed by atoms with E-state index in [1.165, 1.54) is 19.3 Å². The van der Waals surface area contributed by atoms with E-state index in [9.17, 15) is 5.11 Å². The lowest BCUT2D eigenvalue weighted by atomic mass is 10.0. The van der Waals surface area contributed by atoms with Gasteiger partial charge in [-0.1, -0.05) is 6.92 Å². The Morgan fingerprint density at radius 1 is 1.33 bits per heavy atom. The predicted molar refractivity (Wildman–Crippen MR) is 74.9 cm³/mol. The molecule has 1 rings (SSSR count). The van der Waals surface area contributed by atoms with Crippen LogP contribution in [0.15, 0.2) is 0 Å². The van der Waals surface area contributed by atoms with E-state index in [-0.39, 0.29) is 12.2 Å². The fraction of sp³-hybridized carbons (Fsp3) is 1.00. The van der Waals surface area contributed by atoms with Crippen LogP contribution in [0.25, 0.3) is 0 Å². The van der Waals surface area contributed by atoms with Crippen molar-refractivity contribution >= 4 is 0 Å². The summed E-state index contributed by atoms with van der Waals surface area (Å²) in [6.45, 7) is 10.7. The lowest BCUT2D eigenvalue weighted by molar-refractivity contribution is -0.0115. The molecule has 0 amide bonds. The maximum Gasteiger partial charge on any atom is 0.0900 e. The van der Waals surface area contributed by atoms with Crippen molar-refractivity contribution in [3.8, 4) is 0 Å². The van der Waals surface area contributed by atoms with Crippen LogP contribution in [0, 0.1) is 0 Å². The van der Waals surface area contributed by atoms with Gasteiger partial charge in [0.1, 0.15) is 0 Å². The summed E-state index contributed by atoms with van der Waals surface area (Å²) < 4.78 is 5.43. The number of nitrogens with one attached hydrogen (secondary N) is 1. The van der Waals surface area contributed by atoms with Gasteiger partial charge in [-0.15, -0.1) is 0 Å². The van der Waals surface area contributed by atoms with Crippen molar-refractivity contribution in [1.29, 1.82) is 0 Å². The number of piperidine rings is 1. The molecule has 0 aromatic rings. The van der Waals surface area contributed by atoms with Crippen LogP contribution >= 0.6 is 0 Å². The summed E-state index contributed by atoms with van der Waals surface area (Å²) in [4.78, 5) is 2.35. The summed E-state index contributed by atoms with van der Waals surface area (Å²) in [6.07, 6.45) is 3.43. The van der Waals surface area contributed by atoms with E-state index in [0.717, 1.165) is 26.2 Å². The van der Waals surface area contributed by atoms with E-state index in [2.05, 4.69) is 17.1 Å². The molecular weight excluding hydrogens is 228 g/mol. The fourth-order valence-electron chi connectivity index (χ4n) is 2.32. The Bertz CT molecular complexity index is 204. The molecule has 108 valence electrons. The highest BCUT2D eigenvalue weighted by atomic mass is 16.5. The first-order valence-corrected chi connectivity index (χ1v) is 7.37. The van der Waals surface area contributed by atoms with Crippen molar-refractivity contribution in [2.24, 2.45) is 0 Å². The third-order valence-electron chi connectivity index (χ3n) is 3.36. The zero-order chi connectivity index (χ0) is 13.4. The maximum atomic E-state index is 9.88. The summed E-state index contributed by atoms with van der Waals surface area (Å²) in [7, 11) is 0. The van der Waals surface area contributed by atoms with Crippen LogP contribution in [0.1, 0.15) is 40.0 Å². The molecule has 18 heavy (non-hydrogen) atoms. The number of likely N-dealkylation sites (tertiary alicyclic amines) is 1. The third-order valence-corrected chi connectivity index (χ3v) is 3.36. The van der Waals surface area contributed by atoms with Crippen molar-refractivity contribution in [2.45, 2.75) is 58.3 Å². The van der Waals surface area contributed by atoms with Gasteiger partial charge in [0.25, 0.3) is 0 Å². The number of rotatable bonds is 8. The van der Waals surface area contributed by atoms with Gasteiger partial charge in [-0.2, -0.15) is 0 Å². The average molecular weight is 258 g/mol. The normalized spacial score (nSPS) is 20.5. The van der Waals surface area contributed by atoms with Gasteiger partial charge in [0, 0.05) is 12.6 Å². The number of hydrogen-bond acceptors (Lipinski definition) is 4. The van der Waals surface area contributed by atoms with Gasteiger partial charge in [-0.25, -0.2) is 0 Å². The second kappa shape index (κ2) is 8.86. The Morgan fingerprint density at radius 2 is 2.00 bits per heavy atom. The first-order valence-electron chi connectivity index (χ1n) is 7.37. The molecule has 2 N–H and O–H groups in total. The number of β-amino-alcohol motifs (C(OH)–C–C–N with tert-alkyl or cyclic N) is 1. The fourth-order valence-corrected chi connectivity index (χ4v) is 2.32. The molecule has 1 heterocycles. The van der Waals surface area contributed by atoms with Crippen LogP contribution in [0.2, 0.25) is 0 Å². The average Bonchev–Trinajstić information content (AvgIpc) is 2.35. The van der Waals surface area contributed by atoms with Crippen LogP contribution in [0.4, 0.5) is 0 Å². The van der Waals surface area contributed by atoms with Gasteiger partial charge in [0.05, 0.1) is 18.8 Å². The minimum Gasteiger partial charge on any atom is -0.389 e. The first-order chi connectivity index (χ1) is 8.61. The van der Waals surface area contributed by atoms with E-state index >= 15 is 0 Å². The highest BCUT2D eigenvalue weighted by Crippen LogP contribution is 2.11. The van der Waals surface area contributed by atoms with Crippen molar-refractivity contribution in [2.75, 3.05) is 32.8 Å². The number of ether oxygens (including phenoxy) is 1. The summed E-state index contributed by atoms with van der Waals surface area (Å²) in [5.74, 6) is 0. The molecule has 0 aromatic heterocycles. The molecule has 4 heteroatoms. The van der Waals surface area contributed by atoms with Gasteiger partial charge in [0.15, 0.2) is 0 Å². The molecule has 1 fully saturated rings. The van der Waals surface area contributed by atoms with E-state index in [0.29, 0.717) is 12.6 Å². The van der Waals surface area contributed by atoms with Crippen LogP contribution < -0.4 is 5.32 Å². The molecule has 0 saturated carbocycles. The molecule has 1 saturated heterocycles. The molecule has 0 aromatic carbocycles. The highest BCUT2D eigenvalue weighted by Gasteiger charge is 2.20. The van der Waals surface area contributed by atoms with Crippen molar-refractivity contribution < 1.29 is 9.84 Å². The first kappa shape index (κ1) is 15.9. The van der Waals surface area contributed by atoms with Gasteiger partial charge in [-0.05, 0) is 52.7 Å². The summed E-state index contributed by atoms with van der Waals surface area (Å²) in [5.41, 5.74) is 0. The maximum absolute atomic E-state index is 9.88. The number of aliphatic hydroxyl groups is 1. The molecule has 1 unspecified atom stereocenters. The Morgan fingerprint density at radius 3 is 2.56 bits per heavy atom. The molecule has 0 bridgehead atoms. The smallest absolute Gasteiger partial charge is 0.0900 e. The van der Waals surface area contributed by atoms with Crippen LogP contribution in [-0.4, -0.2) is 61.0 Å². The molecular formula is C14H30N2O2. The lowest BCUT2D eigenvalue weighted by Gasteiger charge is -2.33. The quantitative estimate of drug-likeness (QED) is 0.687. The van der Waals surface area contributed by atoms with Crippen LogP contribution in [-0.2, 0) is 4.74 Å². The molecule has 0 aliphatic carbocycles. The van der Waals surface area contributed by atoms with Crippen molar-refractivity contribution in [3.05, 3.63) is 0 Å². The van der Waals surface area contributed by atoms with Gasteiger partial charge >= 0.3 is 0 Å². The molecule has 1 atom stereocenters. The molecule has 1 aliphatic rings. The van der Waals surface area contributed by atoms with Crippen molar-refractivity contribution in [3.63, 3.8) is 0 Å². The van der Waals surface area contributed by atoms with Crippen LogP contribution in [0.5, 0.6) is 0 Å². The summed E-state index contributed by atoms with van der Waals surface area (Å²) in [6, 6.07) is 0.672. The minimum absolute atomic E-state index is 0.198. The monoisotopic (exact) mass is 258 g/mol. The summed E-state index contributed by atoms with van der Waals surface area (Å²) >= 11 is 0. The molecule has 1 aliphatic heterocycles. The Balaban J connectivity index is 2.11. The zero-order valence-electron chi connectivity index (χ0n) is 12.2. The van der Waals surface area contributed by atoms with Gasteiger partial charge < -0.3 is 20.1 Å². The Kier molecular flexibility index (Phi) is 7.82. The lowest BCUT2D eigenvalue weighted by Crippen LogP contribution is -2.45. The summed E-state index contributed by atoms with van der Waals surface area (Å²) in [5, 5.41) is 13.4. The van der Waals surface area contributed by atoms with E-state index in [4.69, 9.17) is 4.74 Å². The Labute approximate surface area is 112 Å². The molecule has 0 spiro atoms. The SMILES string of the molecule is CCCNC1CCN(CC(O)COC(C)C)CC1. The Hall–Kier alpha value is -0.160. The number of aliphatic hydroxyl groups excluding tert-OH is 1. The predicted octanol–water partition coefficient (Wildman–Crippen LogP) is 1.24. The van der Waals surface area contributed by atoms with Gasteiger partial charge in [-0.3, -0.25) is 0 Å². The second-order valence-corrected chi connectivity index (χ2v) is 5.56.